The van der Waals surface area contributed by atoms with Crippen molar-refractivity contribution >= 4 is 39.6 Å². The van der Waals surface area contributed by atoms with Gasteiger partial charge in [0.25, 0.3) is 17.7 Å². The van der Waals surface area contributed by atoms with E-state index in [1.165, 1.54) is 0 Å². The highest BCUT2D eigenvalue weighted by Gasteiger charge is 2.27. The number of nitrogens with zero attached hydrogens (tertiary/aromatic N) is 1. The van der Waals surface area contributed by atoms with Crippen LogP contribution in [0.3, 0.4) is 0 Å². The summed E-state index contributed by atoms with van der Waals surface area (Å²) in [5.74, 6) is -2.84. The summed E-state index contributed by atoms with van der Waals surface area (Å²) in [6.45, 7) is 2.85. The van der Waals surface area contributed by atoms with Crippen LogP contribution in [-0.2, 0) is 21.4 Å². The molecule has 1 atom stereocenters. The molecule has 0 aliphatic rings. The molecule has 0 aliphatic carbocycles. The first kappa shape index (κ1) is 22.4. The monoisotopic (exact) mass is 463 g/mol. The van der Waals surface area contributed by atoms with Gasteiger partial charge in [0.05, 0.1) is 5.56 Å². The molecule has 0 radical (unpaired) electrons. The van der Waals surface area contributed by atoms with Crippen LogP contribution in [0.25, 0.3) is 0 Å². The summed E-state index contributed by atoms with van der Waals surface area (Å²) < 4.78 is 7.15. The number of aromatic nitrogens is 1. The minimum Gasteiger partial charge on any atom is -0.454 e. The molecule has 0 saturated carbocycles. The van der Waals surface area contributed by atoms with Gasteiger partial charge in [0.15, 0.2) is 6.61 Å². The quantitative estimate of drug-likeness (QED) is 0.611. The molecule has 154 valence electrons. The van der Waals surface area contributed by atoms with Gasteiger partial charge >= 0.3 is 5.97 Å². The first-order valence-electron chi connectivity index (χ1n) is 8.88. The first-order chi connectivity index (χ1) is 13.7. The Morgan fingerprint density at radius 2 is 1.76 bits per heavy atom. The van der Waals surface area contributed by atoms with Crippen LogP contribution >= 0.6 is 15.9 Å². The van der Waals surface area contributed by atoms with E-state index in [9.17, 15) is 19.2 Å². The van der Waals surface area contributed by atoms with Crippen molar-refractivity contribution in [3.05, 3.63) is 58.3 Å². The summed E-state index contributed by atoms with van der Waals surface area (Å²) in [6, 6.07) is 9.07. The molecule has 3 amide bonds. The van der Waals surface area contributed by atoms with E-state index in [0.29, 0.717) is 15.7 Å². The molecule has 0 fully saturated rings. The van der Waals surface area contributed by atoms with Crippen molar-refractivity contribution in [2.75, 3.05) is 6.61 Å². The average Bonchev–Trinajstić information content (AvgIpc) is 3.10. The molecule has 2 rings (SSSR count). The predicted octanol–water partition coefficient (Wildman–Crippen LogP) is 2.04. The number of carbonyl (C=O) groups excluding carboxylic acids is 4. The summed E-state index contributed by atoms with van der Waals surface area (Å²) in [6.07, 6.45) is 1.67. The van der Waals surface area contributed by atoms with Gasteiger partial charge in [-0.1, -0.05) is 26.0 Å². The number of esters is 1. The Hall–Kier alpha value is -2.94. The van der Waals surface area contributed by atoms with Gasteiger partial charge in [0, 0.05) is 17.7 Å². The van der Waals surface area contributed by atoms with E-state index in [1.54, 1.807) is 68.1 Å². The SMILES string of the molecule is CC(C)[C@H](NC(=O)c1ccccc1Br)C(=O)OCC(=O)NC(=O)c1cccn1C. The number of ether oxygens (including phenoxy) is 1. The Balaban J connectivity index is 1.93. The van der Waals surface area contributed by atoms with E-state index in [0.717, 1.165) is 0 Å². The molecular formula is C20H22BrN3O5. The lowest BCUT2D eigenvalue weighted by Crippen LogP contribution is -2.46. The third-order valence-electron chi connectivity index (χ3n) is 4.10. The predicted molar refractivity (Wildman–Crippen MR) is 109 cm³/mol. The van der Waals surface area contributed by atoms with Gasteiger partial charge in [-0.15, -0.1) is 0 Å². The van der Waals surface area contributed by atoms with Crippen molar-refractivity contribution in [2.24, 2.45) is 13.0 Å². The van der Waals surface area contributed by atoms with Crippen LogP contribution in [0.1, 0.15) is 34.7 Å². The number of imide groups is 1. The Kier molecular flexibility index (Phi) is 7.72. The van der Waals surface area contributed by atoms with Crippen LogP contribution in [-0.4, -0.2) is 40.9 Å². The lowest BCUT2D eigenvalue weighted by molar-refractivity contribution is -0.151. The highest BCUT2D eigenvalue weighted by molar-refractivity contribution is 9.10. The molecule has 0 spiro atoms. The van der Waals surface area contributed by atoms with Crippen LogP contribution in [0.5, 0.6) is 0 Å². The molecule has 29 heavy (non-hydrogen) atoms. The fourth-order valence-corrected chi connectivity index (χ4v) is 2.98. The van der Waals surface area contributed by atoms with Crippen LogP contribution in [0, 0.1) is 5.92 Å². The van der Waals surface area contributed by atoms with Crippen LogP contribution in [0.4, 0.5) is 0 Å². The van der Waals surface area contributed by atoms with E-state index >= 15 is 0 Å². The molecule has 0 unspecified atom stereocenters. The number of nitrogens with one attached hydrogen (secondary N) is 2. The summed E-state index contributed by atoms with van der Waals surface area (Å²) in [5, 5.41) is 4.77. The highest BCUT2D eigenvalue weighted by Crippen LogP contribution is 2.16. The zero-order valence-electron chi connectivity index (χ0n) is 16.3. The number of hydrogen-bond acceptors (Lipinski definition) is 5. The average molecular weight is 464 g/mol. The number of rotatable bonds is 7. The first-order valence-corrected chi connectivity index (χ1v) is 9.67. The van der Waals surface area contributed by atoms with Crippen molar-refractivity contribution in [3.8, 4) is 0 Å². The second-order valence-corrected chi connectivity index (χ2v) is 7.52. The maximum Gasteiger partial charge on any atom is 0.329 e. The lowest BCUT2D eigenvalue weighted by Gasteiger charge is -2.21. The van der Waals surface area contributed by atoms with E-state index < -0.39 is 36.3 Å². The topological polar surface area (TPSA) is 106 Å². The number of carbonyl (C=O) groups is 4. The molecule has 0 saturated heterocycles. The van der Waals surface area contributed by atoms with Gasteiger partial charge in [-0.3, -0.25) is 19.7 Å². The van der Waals surface area contributed by atoms with Crippen LogP contribution in [0.2, 0.25) is 0 Å². The van der Waals surface area contributed by atoms with Gasteiger partial charge in [-0.05, 0) is 46.1 Å². The van der Waals surface area contributed by atoms with Crippen molar-refractivity contribution in [3.63, 3.8) is 0 Å². The minimum atomic E-state index is -0.953. The van der Waals surface area contributed by atoms with Crippen molar-refractivity contribution < 1.29 is 23.9 Å². The summed E-state index contributed by atoms with van der Waals surface area (Å²) in [5.41, 5.74) is 0.669. The minimum absolute atomic E-state index is 0.276. The Labute approximate surface area is 176 Å². The summed E-state index contributed by atoms with van der Waals surface area (Å²) in [4.78, 5) is 48.8. The molecule has 9 heteroatoms. The molecule has 0 bridgehead atoms. The van der Waals surface area contributed by atoms with E-state index in [2.05, 4.69) is 26.6 Å². The summed E-state index contributed by atoms with van der Waals surface area (Å²) >= 11 is 3.29. The Morgan fingerprint density at radius 1 is 1.07 bits per heavy atom. The number of aryl methyl sites for hydroxylation is 1. The standard InChI is InChI=1S/C20H22BrN3O5/c1-12(2)17(23-18(26)13-7-4-5-8-14(13)21)20(28)29-11-16(25)22-19(27)15-9-6-10-24(15)3/h4-10,12,17H,11H2,1-3H3,(H,23,26)(H,22,25,27)/t17-/m0/s1. The van der Waals surface area contributed by atoms with E-state index in [-0.39, 0.29) is 5.92 Å². The fourth-order valence-electron chi connectivity index (χ4n) is 2.51. The van der Waals surface area contributed by atoms with Crippen LogP contribution < -0.4 is 10.6 Å². The highest BCUT2D eigenvalue weighted by atomic mass is 79.9. The molecule has 8 nitrogen and oxygen atoms in total. The molecule has 1 aromatic carbocycles. The fraction of sp³-hybridized carbons (Fsp3) is 0.300. The van der Waals surface area contributed by atoms with Crippen molar-refractivity contribution in [2.45, 2.75) is 19.9 Å². The number of halogens is 1. The maximum atomic E-state index is 12.5. The zero-order valence-corrected chi connectivity index (χ0v) is 17.9. The lowest BCUT2D eigenvalue weighted by atomic mass is 10.0. The van der Waals surface area contributed by atoms with Crippen molar-refractivity contribution in [1.82, 2.24) is 15.2 Å². The second-order valence-electron chi connectivity index (χ2n) is 6.66. The normalized spacial score (nSPS) is 11.6. The smallest absolute Gasteiger partial charge is 0.329 e. The summed E-state index contributed by atoms with van der Waals surface area (Å²) in [7, 11) is 1.67. The van der Waals surface area contributed by atoms with E-state index in [4.69, 9.17) is 4.74 Å². The largest absolute Gasteiger partial charge is 0.454 e. The van der Waals surface area contributed by atoms with Gasteiger partial charge < -0.3 is 14.6 Å². The van der Waals surface area contributed by atoms with Gasteiger partial charge in [0.2, 0.25) is 0 Å². The second kappa shape index (κ2) is 10.0. The molecule has 2 aromatic rings. The number of amides is 3. The van der Waals surface area contributed by atoms with E-state index in [1.807, 2.05) is 0 Å². The number of hydrogen-bond donors (Lipinski definition) is 2. The molecule has 1 heterocycles. The zero-order chi connectivity index (χ0) is 21.6. The maximum absolute atomic E-state index is 12.5. The van der Waals surface area contributed by atoms with Crippen molar-refractivity contribution in [1.29, 1.82) is 0 Å². The molecular weight excluding hydrogens is 442 g/mol. The molecule has 1 aromatic heterocycles. The third kappa shape index (κ3) is 6.02. The van der Waals surface area contributed by atoms with Gasteiger partial charge in [-0.25, -0.2) is 4.79 Å². The third-order valence-corrected chi connectivity index (χ3v) is 4.79. The Morgan fingerprint density at radius 3 is 2.34 bits per heavy atom. The number of benzene rings is 1. The molecule has 2 N–H and O–H groups in total. The molecule has 0 aliphatic heterocycles. The van der Waals surface area contributed by atoms with Gasteiger partial charge in [0.1, 0.15) is 11.7 Å². The van der Waals surface area contributed by atoms with Gasteiger partial charge in [-0.2, -0.15) is 0 Å². The van der Waals surface area contributed by atoms with Crippen LogP contribution in [0.15, 0.2) is 47.1 Å². The Bertz CT molecular complexity index is 922.